The summed E-state index contributed by atoms with van der Waals surface area (Å²) < 4.78 is 5.34. The molecule has 4 N–H and O–H groups in total. The van der Waals surface area contributed by atoms with E-state index in [1.807, 2.05) is 45.9 Å². The number of hydrogen-bond donors (Lipinski definition) is 3. The van der Waals surface area contributed by atoms with Gasteiger partial charge in [-0.15, -0.1) is 0 Å². The van der Waals surface area contributed by atoms with E-state index in [-0.39, 0.29) is 17.8 Å². The number of piperazine rings is 1. The number of nitrogens with zero attached hydrogens (tertiary/aromatic N) is 5. The molecular weight excluding hydrogens is 552 g/mol. The first-order valence-electron chi connectivity index (χ1n) is 13.1. The lowest BCUT2D eigenvalue weighted by Gasteiger charge is -2.35. The number of benzene rings is 1. The molecule has 0 radical (unpaired) electrons. The maximum Gasteiger partial charge on any atom is 0.323 e. The average molecular weight is 587 g/mol. The summed E-state index contributed by atoms with van der Waals surface area (Å²) in [4.78, 5) is 43.1. The molecular formula is C27H35ClN8O3S. The van der Waals surface area contributed by atoms with Crippen molar-refractivity contribution in [1.29, 1.82) is 0 Å². The largest absolute Gasteiger partial charge is 0.463 e. The van der Waals surface area contributed by atoms with Crippen LogP contribution in [0.4, 0.5) is 22.5 Å². The summed E-state index contributed by atoms with van der Waals surface area (Å²) >= 11 is 7.47. The number of thiazole rings is 1. The Bertz CT molecular complexity index is 1320. The minimum atomic E-state index is -0.591. The Balaban J connectivity index is 1.31. The van der Waals surface area contributed by atoms with Gasteiger partial charge in [-0.2, -0.15) is 0 Å². The van der Waals surface area contributed by atoms with Crippen LogP contribution >= 0.6 is 22.9 Å². The first-order valence-corrected chi connectivity index (χ1v) is 14.3. The molecule has 1 unspecified atom stereocenters. The number of aryl methyl sites for hydroxylation is 2. The van der Waals surface area contributed by atoms with Gasteiger partial charge in [-0.1, -0.05) is 48.9 Å². The number of amides is 1. The number of rotatable bonds is 10. The lowest BCUT2D eigenvalue weighted by atomic mass is 10.1. The molecule has 1 aromatic carbocycles. The SMILES string of the molecule is Cc1nc(Nc2ncc(C(=O)Nc3c(C)cccc3Cl)s2)cc(N2CCN(CCOC(=O)C(N)C(C)C)CC2)n1. The van der Waals surface area contributed by atoms with Gasteiger partial charge in [-0.3, -0.25) is 14.5 Å². The van der Waals surface area contributed by atoms with Gasteiger partial charge in [0.05, 0.1) is 16.9 Å². The molecule has 2 aromatic heterocycles. The number of halogens is 1. The summed E-state index contributed by atoms with van der Waals surface area (Å²) in [6.45, 7) is 11.7. The zero-order valence-corrected chi connectivity index (χ0v) is 24.7. The number of hydrogen-bond acceptors (Lipinski definition) is 11. The number of aromatic nitrogens is 3. The van der Waals surface area contributed by atoms with Crippen molar-refractivity contribution < 1.29 is 14.3 Å². The van der Waals surface area contributed by atoms with Crippen LogP contribution in [-0.2, 0) is 9.53 Å². The minimum Gasteiger partial charge on any atom is -0.463 e. The molecule has 3 aromatic rings. The van der Waals surface area contributed by atoms with Gasteiger partial charge in [-0.25, -0.2) is 15.0 Å². The minimum absolute atomic E-state index is 0.0486. The van der Waals surface area contributed by atoms with E-state index in [1.54, 1.807) is 6.07 Å². The average Bonchev–Trinajstić information content (AvgIpc) is 3.38. The molecule has 40 heavy (non-hydrogen) atoms. The predicted molar refractivity (Wildman–Crippen MR) is 159 cm³/mol. The second-order valence-electron chi connectivity index (χ2n) is 9.97. The Morgan fingerprint density at radius 3 is 2.62 bits per heavy atom. The highest BCUT2D eigenvalue weighted by Crippen LogP contribution is 2.28. The van der Waals surface area contributed by atoms with E-state index in [0.29, 0.717) is 45.5 Å². The van der Waals surface area contributed by atoms with Crippen molar-refractivity contribution in [3.05, 3.63) is 51.7 Å². The number of esters is 1. The fourth-order valence-electron chi connectivity index (χ4n) is 4.13. The normalized spacial score (nSPS) is 14.7. The monoisotopic (exact) mass is 586 g/mol. The molecule has 0 aliphatic carbocycles. The molecule has 4 rings (SSSR count). The van der Waals surface area contributed by atoms with Crippen molar-refractivity contribution >= 4 is 57.3 Å². The van der Waals surface area contributed by atoms with Crippen LogP contribution in [0, 0.1) is 19.8 Å². The van der Waals surface area contributed by atoms with Crippen LogP contribution in [0.5, 0.6) is 0 Å². The summed E-state index contributed by atoms with van der Waals surface area (Å²) in [5, 5.41) is 7.10. The van der Waals surface area contributed by atoms with Crippen molar-refractivity contribution in [2.24, 2.45) is 11.7 Å². The lowest BCUT2D eigenvalue weighted by Crippen LogP contribution is -2.48. The van der Waals surface area contributed by atoms with Gasteiger partial charge in [0.1, 0.15) is 35.0 Å². The number of ether oxygens (including phenoxy) is 1. The predicted octanol–water partition coefficient (Wildman–Crippen LogP) is 3.85. The summed E-state index contributed by atoms with van der Waals surface area (Å²) in [6.07, 6.45) is 1.52. The molecule has 0 saturated carbocycles. The van der Waals surface area contributed by atoms with Crippen LogP contribution in [0.25, 0.3) is 0 Å². The van der Waals surface area contributed by atoms with Crippen molar-refractivity contribution in [3.8, 4) is 0 Å². The highest BCUT2D eigenvalue weighted by Gasteiger charge is 2.22. The molecule has 1 saturated heterocycles. The number of carbonyl (C=O) groups is 2. The summed E-state index contributed by atoms with van der Waals surface area (Å²) in [6, 6.07) is 6.75. The first kappa shape index (κ1) is 29.7. The zero-order valence-electron chi connectivity index (χ0n) is 23.1. The highest BCUT2D eigenvalue weighted by atomic mass is 35.5. The zero-order chi connectivity index (χ0) is 28.8. The van der Waals surface area contributed by atoms with Gasteiger partial charge >= 0.3 is 5.97 Å². The van der Waals surface area contributed by atoms with Crippen LogP contribution in [0.2, 0.25) is 5.02 Å². The molecule has 11 nitrogen and oxygen atoms in total. The molecule has 0 spiro atoms. The maximum atomic E-state index is 12.8. The molecule has 1 fully saturated rings. The fourth-order valence-corrected chi connectivity index (χ4v) is 5.12. The molecule has 1 amide bonds. The molecule has 13 heteroatoms. The summed E-state index contributed by atoms with van der Waals surface area (Å²) in [5.41, 5.74) is 7.32. The van der Waals surface area contributed by atoms with Crippen LogP contribution in [0.15, 0.2) is 30.5 Å². The van der Waals surface area contributed by atoms with E-state index in [4.69, 9.17) is 22.1 Å². The third kappa shape index (κ3) is 7.66. The van der Waals surface area contributed by atoms with Gasteiger partial charge in [-0.05, 0) is 31.4 Å². The molecule has 1 atom stereocenters. The van der Waals surface area contributed by atoms with Crippen LogP contribution in [-0.4, -0.2) is 77.1 Å². The van der Waals surface area contributed by atoms with Gasteiger partial charge in [0.25, 0.3) is 5.91 Å². The Kier molecular flexibility index (Phi) is 9.90. The second-order valence-corrected chi connectivity index (χ2v) is 11.4. The summed E-state index contributed by atoms with van der Waals surface area (Å²) in [7, 11) is 0. The topological polar surface area (TPSA) is 139 Å². The number of nitrogens with two attached hydrogens (primary N) is 1. The van der Waals surface area contributed by atoms with E-state index in [2.05, 4.69) is 35.4 Å². The Morgan fingerprint density at radius 2 is 1.93 bits per heavy atom. The number of carbonyl (C=O) groups excluding carboxylic acids is 2. The number of para-hydroxylation sites is 1. The molecule has 1 aliphatic heterocycles. The van der Waals surface area contributed by atoms with Crippen LogP contribution < -0.4 is 21.3 Å². The first-order chi connectivity index (χ1) is 19.1. The quantitative estimate of drug-likeness (QED) is 0.300. The third-order valence-corrected chi connectivity index (χ3v) is 7.81. The fraction of sp³-hybridized carbons (Fsp3) is 0.444. The molecule has 1 aliphatic rings. The standard InChI is InChI=1S/C27H35ClN8O3S/c1-16(2)23(29)26(38)39-13-12-35-8-10-36(11-9-35)22-14-21(31-18(4)32-22)33-27-30-15-20(40-27)25(37)34-24-17(3)6-5-7-19(24)28/h5-7,14-16,23H,8-13,29H2,1-4H3,(H,34,37)(H,30,31,32,33). The lowest BCUT2D eigenvalue weighted by molar-refractivity contribution is -0.146. The highest BCUT2D eigenvalue weighted by molar-refractivity contribution is 7.17. The Labute approximate surface area is 243 Å². The van der Waals surface area contributed by atoms with E-state index in [9.17, 15) is 9.59 Å². The summed E-state index contributed by atoms with van der Waals surface area (Å²) in [5.74, 6) is 1.45. The second kappa shape index (κ2) is 13.4. The van der Waals surface area contributed by atoms with Crippen molar-refractivity contribution in [3.63, 3.8) is 0 Å². The Morgan fingerprint density at radius 1 is 1.18 bits per heavy atom. The Hall–Kier alpha value is -3.32. The molecule has 0 bridgehead atoms. The number of nitrogens with one attached hydrogen (secondary N) is 2. The van der Waals surface area contributed by atoms with Gasteiger partial charge in [0.2, 0.25) is 0 Å². The third-order valence-electron chi connectivity index (χ3n) is 6.59. The smallest absolute Gasteiger partial charge is 0.323 e. The van der Waals surface area contributed by atoms with Crippen molar-refractivity contribution in [1.82, 2.24) is 19.9 Å². The van der Waals surface area contributed by atoms with Crippen molar-refractivity contribution in [2.45, 2.75) is 33.7 Å². The number of anilines is 4. The van der Waals surface area contributed by atoms with Gasteiger partial charge in [0, 0.05) is 38.8 Å². The maximum absolute atomic E-state index is 12.8. The van der Waals surface area contributed by atoms with Crippen molar-refractivity contribution in [2.75, 3.05) is 54.9 Å². The van der Waals surface area contributed by atoms with Crippen LogP contribution in [0.1, 0.15) is 34.9 Å². The van der Waals surface area contributed by atoms with E-state index >= 15 is 0 Å². The van der Waals surface area contributed by atoms with Gasteiger partial charge in [0.15, 0.2) is 5.13 Å². The van der Waals surface area contributed by atoms with E-state index in [1.165, 1.54) is 17.5 Å². The van der Waals surface area contributed by atoms with Crippen LogP contribution in [0.3, 0.4) is 0 Å². The van der Waals surface area contributed by atoms with E-state index in [0.717, 1.165) is 37.6 Å². The van der Waals surface area contributed by atoms with Gasteiger partial charge < -0.3 is 26.0 Å². The van der Waals surface area contributed by atoms with E-state index < -0.39 is 6.04 Å². The molecule has 214 valence electrons. The molecule has 3 heterocycles.